The highest BCUT2D eigenvalue weighted by Gasteiger charge is 2.32. The number of aliphatic imine (C=N–C) groups is 1. The van der Waals surface area contributed by atoms with E-state index in [1.807, 2.05) is 56.3 Å². The molecule has 1 saturated heterocycles. The van der Waals surface area contributed by atoms with Crippen LogP contribution in [0.3, 0.4) is 0 Å². The van der Waals surface area contributed by atoms with E-state index in [0.29, 0.717) is 22.1 Å². The highest BCUT2D eigenvalue weighted by Crippen LogP contribution is 2.34. The minimum atomic E-state index is -4.76. The van der Waals surface area contributed by atoms with E-state index >= 15 is 0 Å². The van der Waals surface area contributed by atoms with Crippen molar-refractivity contribution in [2.45, 2.75) is 26.1 Å². The fourth-order valence-corrected chi connectivity index (χ4v) is 5.86. The van der Waals surface area contributed by atoms with Crippen LogP contribution < -0.4 is 15.0 Å². The monoisotopic (exact) mass is 603 g/mol. The molecule has 8 nitrogen and oxygen atoms in total. The Morgan fingerprint density at radius 2 is 1.81 bits per heavy atom. The van der Waals surface area contributed by atoms with Gasteiger partial charge in [-0.2, -0.15) is 4.99 Å². The van der Waals surface area contributed by atoms with Gasteiger partial charge in [0.25, 0.3) is 0 Å². The van der Waals surface area contributed by atoms with Crippen molar-refractivity contribution >= 4 is 62.0 Å². The smallest absolute Gasteiger partial charge is 0.406 e. The highest BCUT2D eigenvalue weighted by molar-refractivity contribution is 8.15. The van der Waals surface area contributed by atoms with E-state index in [1.165, 1.54) is 40.9 Å². The zero-order valence-corrected chi connectivity index (χ0v) is 23.7. The van der Waals surface area contributed by atoms with Gasteiger partial charge in [-0.25, -0.2) is 9.78 Å². The van der Waals surface area contributed by atoms with Crippen LogP contribution in [0.5, 0.6) is 5.75 Å². The summed E-state index contributed by atoms with van der Waals surface area (Å²) in [5, 5.41) is 4.75. The standard InChI is InChI=1S/C31H24F3N5O3S/c1-18(2)23-5-3-4-6-25(23)39-27(40)16-43-30(39)37-29(41)36-20-8-13-24-19(15-20)7-14-26-28(24)35-17-38(26)21-9-11-22(12-10-21)42-31(32,33)34/h3-15,17-18H,16H2,1-2H3,(H,36,41)/b37-30+. The number of fused-ring (bicyclic) bond motifs is 3. The summed E-state index contributed by atoms with van der Waals surface area (Å²) in [7, 11) is 0. The van der Waals surface area contributed by atoms with Gasteiger partial charge < -0.3 is 10.1 Å². The van der Waals surface area contributed by atoms with E-state index in [9.17, 15) is 22.8 Å². The van der Waals surface area contributed by atoms with Crippen molar-refractivity contribution in [1.29, 1.82) is 0 Å². The first-order valence-electron chi connectivity index (χ1n) is 13.3. The number of ether oxygens (including phenoxy) is 1. The molecule has 0 radical (unpaired) electrons. The van der Waals surface area contributed by atoms with Gasteiger partial charge in [0.1, 0.15) is 12.1 Å². The summed E-state index contributed by atoms with van der Waals surface area (Å²) in [6, 6.07) is 21.6. The van der Waals surface area contributed by atoms with Gasteiger partial charge in [-0.3, -0.25) is 14.3 Å². The van der Waals surface area contributed by atoms with Crippen molar-refractivity contribution in [3.05, 3.63) is 90.8 Å². The van der Waals surface area contributed by atoms with Crippen molar-refractivity contribution in [2.75, 3.05) is 16.0 Å². The number of nitrogens with one attached hydrogen (secondary N) is 1. The predicted octanol–water partition coefficient (Wildman–Crippen LogP) is 7.87. The molecule has 12 heteroatoms. The zero-order chi connectivity index (χ0) is 30.3. The molecule has 5 aromatic rings. The number of hydrogen-bond acceptors (Lipinski definition) is 5. The molecule has 1 N–H and O–H groups in total. The summed E-state index contributed by atoms with van der Waals surface area (Å²) < 4.78 is 43.3. The number of halogens is 3. The molecule has 1 aromatic heterocycles. The SMILES string of the molecule is CC(C)c1ccccc1N1C(=O)CS/C1=N/C(=O)Nc1ccc2c(ccc3c2ncn3-c2ccc(OC(F)(F)F)cc2)c1. The summed E-state index contributed by atoms with van der Waals surface area (Å²) in [4.78, 5) is 35.9. The lowest BCUT2D eigenvalue weighted by molar-refractivity contribution is -0.274. The second-order valence-corrected chi connectivity index (χ2v) is 11.0. The fourth-order valence-electron chi connectivity index (χ4n) is 5.00. The summed E-state index contributed by atoms with van der Waals surface area (Å²) in [6.07, 6.45) is -3.17. The second kappa shape index (κ2) is 11.1. The molecule has 1 aliphatic rings. The third-order valence-electron chi connectivity index (χ3n) is 6.89. The van der Waals surface area contributed by atoms with Crippen LogP contribution in [0.4, 0.5) is 29.3 Å². The number of alkyl halides is 3. The molecule has 0 unspecified atom stereocenters. The molecule has 1 fully saturated rings. The Kier molecular flexibility index (Phi) is 7.30. The second-order valence-electron chi connectivity index (χ2n) is 10.1. The molecule has 3 amide bonds. The Morgan fingerprint density at radius 1 is 1.05 bits per heavy atom. The maximum absolute atomic E-state index is 12.9. The molecule has 0 spiro atoms. The van der Waals surface area contributed by atoms with E-state index in [1.54, 1.807) is 23.0 Å². The largest absolute Gasteiger partial charge is 0.573 e. The van der Waals surface area contributed by atoms with Gasteiger partial charge in [-0.05, 0) is 65.4 Å². The lowest BCUT2D eigenvalue weighted by atomic mass is 10.0. The Morgan fingerprint density at radius 3 is 2.56 bits per heavy atom. The predicted molar refractivity (Wildman–Crippen MR) is 162 cm³/mol. The Bertz CT molecular complexity index is 1900. The third-order valence-corrected chi connectivity index (χ3v) is 7.82. The molecule has 0 bridgehead atoms. The molecule has 2 heterocycles. The van der Waals surface area contributed by atoms with Gasteiger partial charge in [0.2, 0.25) is 5.91 Å². The van der Waals surface area contributed by atoms with Crippen molar-refractivity contribution in [3.63, 3.8) is 0 Å². The molecule has 1 aliphatic heterocycles. The molecule has 0 aliphatic carbocycles. The maximum atomic E-state index is 12.9. The first-order valence-corrected chi connectivity index (χ1v) is 14.3. The van der Waals surface area contributed by atoms with Gasteiger partial charge in [0, 0.05) is 16.8 Å². The fraction of sp³-hybridized carbons (Fsp3) is 0.161. The number of benzene rings is 4. The van der Waals surface area contributed by atoms with Gasteiger partial charge in [0.05, 0.1) is 22.5 Å². The number of urea groups is 1. The number of amidine groups is 1. The van der Waals surface area contributed by atoms with E-state index in [4.69, 9.17) is 0 Å². The molecule has 0 atom stereocenters. The normalized spacial score (nSPS) is 14.8. The van der Waals surface area contributed by atoms with Crippen LogP contribution in [0.25, 0.3) is 27.5 Å². The van der Waals surface area contributed by atoms with Gasteiger partial charge in [-0.1, -0.05) is 55.9 Å². The number of aromatic nitrogens is 2. The van der Waals surface area contributed by atoms with Crippen molar-refractivity contribution < 1.29 is 27.5 Å². The average molecular weight is 604 g/mol. The topological polar surface area (TPSA) is 88.8 Å². The number of anilines is 2. The van der Waals surface area contributed by atoms with E-state index in [2.05, 4.69) is 20.0 Å². The molecule has 43 heavy (non-hydrogen) atoms. The summed E-state index contributed by atoms with van der Waals surface area (Å²) in [5.41, 5.74) is 4.29. The number of amides is 3. The van der Waals surface area contributed by atoms with Gasteiger partial charge in [0.15, 0.2) is 5.17 Å². The van der Waals surface area contributed by atoms with E-state index in [0.717, 1.165) is 27.5 Å². The molecule has 4 aromatic carbocycles. The Labute approximate surface area is 248 Å². The number of thioether (sulfide) groups is 1. The third kappa shape index (κ3) is 5.78. The van der Waals surface area contributed by atoms with Gasteiger partial charge in [-0.15, -0.1) is 13.2 Å². The minimum Gasteiger partial charge on any atom is -0.406 e. The quantitative estimate of drug-likeness (QED) is 0.221. The van der Waals surface area contributed by atoms with Crippen LogP contribution in [-0.2, 0) is 4.79 Å². The summed E-state index contributed by atoms with van der Waals surface area (Å²) >= 11 is 1.22. The number of carbonyl (C=O) groups excluding carboxylic acids is 2. The van der Waals surface area contributed by atoms with Crippen LogP contribution >= 0.6 is 11.8 Å². The van der Waals surface area contributed by atoms with Crippen LogP contribution in [-0.4, -0.2) is 38.8 Å². The molecule has 6 rings (SSSR count). The van der Waals surface area contributed by atoms with E-state index in [-0.39, 0.29) is 23.3 Å². The zero-order valence-electron chi connectivity index (χ0n) is 22.9. The molecule has 218 valence electrons. The van der Waals surface area contributed by atoms with Gasteiger partial charge >= 0.3 is 12.4 Å². The van der Waals surface area contributed by atoms with Crippen LogP contribution in [0.1, 0.15) is 25.3 Å². The van der Waals surface area contributed by atoms with E-state index < -0.39 is 12.4 Å². The summed E-state index contributed by atoms with van der Waals surface area (Å²) in [6.45, 7) is 4.09. The van der Waals surface area contributed by atoms with Crippen LogP contribution in [0.15, 0.2) is 90.2 Å². The number of rotatable bonds is 5. The average Bonchev–Trinajstić information content (AvgIpc) is 3.55. The van der Waals surface area contributed by atoms with Crippen molar-refractivity contribution in [1.82, 2.24) is 9.55 Å². The van der Waals surface area contributed by atoms with Crippen LogP contribution in [0.2, 0.25) is 0 Å². The Balaban J connectivity index is 1.23. The summed E-state index contributed by atoms with van der Waals surface area (Å²) in [5.74, 6) is -0.0668. The number of imidazole rings is 1. The molecular weight excluding hydrogens is 579 g/mol. The minimum absolute atomic E-state index is 0.135. The molecule has 0 saturated carbocycles. The Hall–Kier alpha value is -4.84. The first kappa shape index (κ1) is 28.3. The highest BCUT2D eigenvalue weighted by atomic mass is 32.2. The van der Waals surface area contributed by atoms with Crippen molar-refractivity contribution in [3.8, 4) is 11.4 Å². The van der Waals surface area contributed by atoms with Crippen LogP contribution in [0, 0.1) is 0 Å². The lowest BCUT2D eigenvalue weighted by Crippen LogP contribution is -2.31. The maximum Gasteiger partial charge on any atom is 0.573 e. The number of carbonyl (C=O) groups is 2. The number of para-hydroxylation sites is 1. The number of hydrogen-bond donors (Lipinski definition) is 1. The molecular formula is C31H24F3N5O3S. The first-order chi connectivity index (χ1) is 20.6. The number of nitrogens with zero attached hydrogens (tertiary/aromatic N) is 4. The lowest BCUT2D eigenvalue weighted by Gasteiger charge is -2.21. The van der Waals surface area contributed by atoms with Crippen molar-refractivity contribution in [2.24, 2.45) is 4.99 Å².